The molecule has 1 N–H and O–H groups in total. The fourth-order valence-electron chi connectivity index (χ4n) is 1.86. The molecule has 0 atom stereocenters. The molecule has 0 spiro atoms. The predicted octanol–water partition coefficient (Wildman–Crippen LogP) is 2.75. The zero-order valence-electron chi connectivity index (χ0n) is 13.4. The molecule has 0 aliphatic heterocycles. The highest BCUT2D eigenvalue weighted by Gasteiger charge is 2.14. The first-order valence-electron chi connectivity index (χ1n) is 7.67. The highest BCUT2D eigenvalue weighted by atomic mass is 32.2. The Bertz CT molecular complexity index is 565. The van der Waals surface area contributed by atoms with Gasteiger partial charge in [0.2, 0.25) is 0 Å². The van der Waals surface area contributed by atoms with Crippen LogP contribution in [0.4, 0.5) is 0 Å². The van der Waals surface area contributed by atoms with Crippen molar-refractivity contribution in [3.05, 3.63) is 29.8 Å². The summed E-state index contributed by atoms with van der Waals surface area (Å²) >= 11 is 0. The van der Waals surface area contributed by atoms with E-state index in [0.717, 1.165) is 24.8 Å². The van der Waals surface area contributed by atoms with Crippen LogP contribution in [0.2, 0.25) is 0 Å². The van der Waals surface area contributed by atoms with E-state index < -0.39 is 16.1 Å². The number of benzene rings is 1. The summed E-state index contributed by atoms with van der Waals surface area (Å²) in [5.74, 6) is -0.864. The van der Waals surface area contributed by atoms with Crippen LogP contribution < -0.4 is 0 Å². The molecule has 0 fully saturated rings. The molecule has 23 heavy (non-hydrogen) atoms. The summed E-state index contributed by atoms with van der Waals surface area (Å²) in [4.78, 5) is 10.4. The Labute approximate surface area is 137 Å². The molecular weight excluding hydrogens is 320 g/mol. The van der Waals surface area contributed by atoms with Crippen LogP contribution in [0.1, 0.15) is 37.7 Å². The molecule has 0 saturated carbocycles. The largest absolute Gasteiger partial charge is 0.481 e. The molecule has 130 valence electrons. The summed E-state index contributed by atoms with van der Waals surface area (Å²) in [5, 5.41) is 8.43. The van der Waals surface area contributed by atoms with Crippen LogP contribution in [0, 0.1) is 6.92 Å². The van der Waals surface area contributed by atoms with Gasteiger partial charge in [0.15, 0.2) is 0 Å². The molecule has 0 aliphatic rings. The molecule has 1 aromatic rings. The number of carbonyl (C=O) groups is 1. The third kappa shape index (κ3) is 8.68. The van der Waals surface area contributed by atoms with E-state index >= 15 is 0 Å². The summed E-state index contributed by atoms with van der Waals surface area (Å²) in [6, 6.07) is 6.56. The van der Waals surface area contributed by atoms with Crippen molar-refractivity contribution in [2.45, 2.75) is 43.9 Å². The van der Waals surface area contributed by atoms with E-state index in [1.807, 2.05) is 6.92 Å². The van der Waals surface area contributed by atoms with Crippen LogP contribution >= 0.6 is 0 Å². The number of unbranched alkanes of at least 4 members (excludes halogenated alkanes) is 3. The first-order valence-corrected chi connectivity index (χ1v) is 9.08. The zero-order valence-corrected chi connectivity index (χ0v) is 14.2. The van der Waals surface area contributed by atoms with Crippen LogP contribution in [0.15, 0.2) is 29.2 Å². The lowest BCUT2D eigenvalue weighted by molar-refractivity contribution is -0.138. The lowest BCUT2D eigenvalue weighted by Gasteiger charge is -2.06. The van der Waals surface area contributed by atoms with Crippen molar-refractivity contribution < 1.29 is 27.2 Å². The van der Waals surface area contributed by atoms with Crippen LogP contribution in [0.5, 0.6) is 0 Å². The summed E-state index contributed by atoms with van der Waals surface area (Å²) < 4.78 is 34.0. The highest BCUT2D eigenvalue weighted by molar-refractivity contribution is 7.86. The maximum absolute atomic E-state index is 11.9. The van der Waals surface area contributed by atoms with Gasteiger partial charge in [-0.25, -0.2) is 0 Å². The van der Waals surface area contributed by atoms with Gasteiger partial charge in [-0.3, -0.25) is 8.98 Å². The summed E-state index contributed by atoms with van der Waals surface area (Å²) in [7, 11) is -3.67. The minimum atomic E-state index is -3.67. The second-order valence-corrected chi connectivity index (χ2v) is 6.87. The Hall–Kier alpha value is -1.44. The Morgan fingerprint density at radius 3 is 2.22 bits per heavy atom. The number of carboxylic acids is 1. The van der Waals surface area contributed by atoms with E-state index in [9.17, 15) is 13.2 Å². The number of aryl methyl sites for hydroxylation is 1. The molecule has 0 heterocycles. The molecule has 1 rings (SSSR count). The summed E-state index contributed by atoms with van der Waals surface area (Å²) in [6.45, 7) is 2.81. The molecule has 0 saturated heterocycles. The number of carboxylic acid groups (broad SMARTS) is 1. The monoisotopic (exact) mass is 344 g/mol. The second kappa shape index (κ2) is 10.4. The average Bonchev–Trinajstić information content (AvgIpc) is 2.49. The number of aliphatic carboxylic acids is 1. The molecule has 1 aromatic carbocycles. The molecule has 0 bridgehead atoms. The predicted molar refractivity (Wildman–Crippen MR) is 85.9 cm³/mol. The van der Waals surface area contributed by atoms with E-state index in [1.165, 1.54) is 0 Å². The lowest BCUT2D eigenvalue weighted by atomic mass is 10.2. The van der Waals surface area contributed by atoms with Crippen LogP contribution in [-0.2, 0) is 23.8 Å². The van der Waals surface area contributed by atoms with Crippen molar-refractivity contribution in [3.63, 3.8) is 0 Å². The van der Waals surface area contributed by atoms with Crippen LogP contribution in [0.3, 0.4) is 0 Å². The van der Waals surface area contributed by atoms with Gasteiger partial charge in [0.25, 0.3) is 10.1 Å². The maximum atomic E-state index is 11.9. The van der Waals surface area contributed by atoms with Gasteiger partial charge in [-0.15, -0.1) is 0 Å². The van der Waals surface area contributed by atoms with Crippen LogP contribution in [0.25, 0.3) is 0 Å². The minimum Gasteiger partial charge on any atom is -0.481 e. The average molecular weight is 344 g/mol. The van der Waals surface area contributed by atoms with E-state index in [1.54, 1.807) is 24.3 Å². The van der Waals surface area contributed by atoms with Crippen LogP contribution in [-0.4, -0.2) is 39.3 Å². The van der Waals surface area contributed by atoms with Gasteiger partial charge in [0.1, 0.15) is 0 Å². The lowest BCUT2D eigenvalue weighted by Crippen LogP contribution is -2.07. The number of hydrogen-bond acceptors (Lipinski definition) is 5. The quantitative estimate of drug-likeness (QED) is 0.463. The number of ether oxygens (including phenoxy) is 1. The highest BCUT2D eigenvalue weighted by Crippen LogP contribution is 2.14. The van der Waals surface area contributed by atoms with Crippen molar-refractivity contribution in [1.29, 1.82) is 0 Å². The zero-order chi connectivity index (χ0) is 17.1. The Morgan fingerprint density at radius 1 is 1.00 bits per heavy atom. The third-order valence-corrected chi connectivity index (χ3v) is 4.52. The molecule has 0 unspecified atom stereocenters. The van der Waals surface area contributed by atoms with E-state index in [0.29, 0.717) is 13.0 Å². The maximum Gasteiger partial charge on any atom is 0.305 e. The Kier molecular flexibility index (Phi) is 8.83. The Morgan fingerprint density at radius 2 is 1.61 bits per heavy atom. The number of rotatable bonds is 12. The molecular formula is C16H24O6S. The van der Waals surface area contributed by atoms with E-state index in [2.05, 4.69) is 0 Å². The van der Waals surface area contributed by atoms with E-state index in [4.69, 9.17) is 14.0 Å². The minimum absolute atomic E-state index is 0.0186. The van der Waals surface area contributed by atoms with Crippen molar-refractivity contribution in [3.8, 4) is 0 Å². The van der Waals surface area contributed by atoms with Gasteiger partial charge in [-0.05, 0) is 31.9 Å². The normalized spacial score (nSPS) is 11.5. The topological polar surface area (TPSA) is 89.9 Å². The van der Waals surface area contributed by atoms with Gasteiger partial charge >= 0.3 is 5.97 Å². The fraction of sp³-hybridized carbons (Fsp3) is 0.562. The molecule has 0 aromatic heterocycles. The third-order valence-electron chi connectivity index (χ3n) is 3.19. The van der Waals surface area contributed by atoms with Gasteiger partial charge in [0, 0.05) is 6.61 Å². The Balaban J connectivity index is 2.08. The molecule has 0 aliphatic carbocycles. The van der Waals surface area contributed by atoms with Crippen molar-refractivity contribution in [2.75, 3.05) is 19.8 Å². The van der Waals surface area contributed by atoms with Gasteiger partial charge in [0.05, 0.1) is 24.5 Å². The smallest absolute Gasteiger partial charge is 0.305 e. The van der Waals surface area contributed by atoms with Gasteiger partial charge in [-0.2, -0.15) is 8.42 Å². The summed E-state index contributed by atoms with van der Waals surface area (Å²) in [5.41, 5.74) is 0.995. The van der Waals surface area contributed by atoms with Gasteiger partial charge in [-0.1, -0.05) is 30.5 Å². The fourth-order valence-corrected chi connectivity index (χ4v) is 2.81. The molecule has 7 heteroatoms. The molecule has 0 amide bonds. The standard InChI is InChI=1S/C16H24O6S/c1-14-6-8-15(9-7-14)23(19,20)22-12-5-3-2-4-11-21-13-10-16(17)18/h6-9H,2-5,10-13H2,1H3,(H,17,18). The van der Waals surface area contributed by atoms with Crippen molar-refractivity contribution in [2.24, 2.45) is 0 Å². The SMILES string of the molecule is Cc1ccc(S(=O)(=O)OCCCCCCOCCC(=O)O)cc1. The molecule has 0 radical (unpaired) electrons. The second-order valence-electron chi connectivity index (χ2n) is 5.26. The number of hydrogen-bond donors (Lipinski definition) is 1. The van der Waals surface area contributed by atoms with Crippen molar-refractivity contribution >= 4 is 16.1 Å². The molecule has 6 nitrogen and oxygen atoms in total. The first-order chi connectivity index (χ1) is 10.9. The van der Waals surface area contributed by atoms with Crippen molar-refractivity contribution in [1.82, 2.24) is 0 Å². The summed E-state index contributed by atoms with van der Waals surface area (Å²) in [6.07, 6.45) is 3.22. The first kappa shape index (κ1) is 19.6. The van der Waals surface area contributed by atoms with E-state index in [-0.39, 0.29) is 24.5 Å². The van der Waals surface area contributed by atoms with Gasteiger partial charge < -0.3 is 9.84 Å².